The standard InChI is InChI=1S/C24H23NO6/c1-2-29-21(26)19-14-9-15-24(19)22(27)31-20(18-12-7-4-8-13-18)25(24)23(28)30-16-17-10-5-3-6-11-17/h3-8,10-14,20H,2,9,15-16H2,1H3/t20-,24+/m0/s1. The van der Waals surface area contributed by atoms with Crippen LogP contribution in [0.4, 0.5) is 4.79 Å². The first-order valence-corrected chi connectivity index (χ1v) is 10.2. The topological polar surface area (TPSA) is 82.1 Å². The summed E-state index contributed by atoms with van der Waals surface area (Å²) < 4.78 is 16.4. The molecule has 1 aliphatic carbocycles. The summed E-state index contributed by atoms with van der Waals surface area (Å²) in [6, 6.07) is 18.2. The van der Waals surface area contributed by atoms with Crippen molar-refractivity contribution in [2.75, 3.05) is 6.61 Å². The first kappa shape index (κ1) is 20.7. The fraction of sp³-hybridized carbons (Fsp3) is 0.292. The number of esters is 2. The van der Waals surface area contributed by atoms with Crippen molar-refractivity contribution < 1.29 is 28.6 Å². The summed E-state index contributed by atoms with van der Waals surface area (Å²) in [5.41, 5.74) is -0.0327. The van der Waals surface area contributed by atoms with Gasteiger partial charge in [-0.15, -0.1) is 0 Å². The molecule has 7 heteroatoms. The zero-order valence-corrected chi connectivity index (χ0v) is 17.2. The minimum atomic E-state index is -1.57. The molecular formula is C24H23NO6. The summed E-state index contributed by atoms with van der Waals surface area (Å²) in [7, 11) is 0. The summed E-state index contributed by atoms with van der Waals surface area (Å²) in [6.45, 7) is 1.87. The van der Waals surface area contributed by atoms with E-state index < -0.39 is 29.8 Å². The number of carbonyl (C=O) groups excluding carboxylic acids is 3. The summed E-state index contributed by atoms with van der Waals surface area (Å²) >= 11 is 0. The van der Waals surface area contributed by atoms with Crippen LogP contribution in [0.3, 0.4) is 0 Å². The van der Waals surface area contributed by atoms with Gasteiger partial charge in [0.1, 0.15) is 6.61 Å². The molecule has 0 bridgehead atoms. The predicted octanol–water partition coefficient (Wildman–Crippen LogP) is 3.90. The Morgan fingerprint density at radius 2 is 1.74 bits per heavy atom. The molecule has 0 saturated carbocycles. The second-order valence-corrected chi connectivity index (χ2v) is 7.32. The molecule has 1 fully saturated rings. The van der Waals surface area contributed by atoms with E-state index in [0.29, 0.717) is 12.0 Å². The van der Waals surface area contributed by atoms with Crippen molar-refractivity contribution in [3.05, 3.63) is 83.4 Å². The van der Waals surface area contributed by atoms with E-state index in [1.165, 1.54) is 4.90 Å². The van der Waals surface area contributed by atoms with Crippen molar-refractivity contribution in [3.8, 4) is 0 Å². The van der Waals surface area contributed by atoms with Gasteiger partial charge < -0.3 is 14.2 Å². The average Bonchev–Trinajstić information content (AvgIpc) is 3.36. The highest BCUT2D eigenvalue weighted by Gasteiger charge is 2.63. The largest absolute Gasteiger partial charge is 0.463 e. The van der Waals surface area contributed by atoms with Crippen LogP contribution >= 0.6 is 0 Å². The second-order valence-electron chi connectivity index (χ2n) is 7.32. The van der Waals surface area contributed by atoms with Crippen LogP contribution in [0.5, 0.6) is 0 Å². The van der Waals surface area contributed by atoms with Gasteiger partial charge in [0, 0.05) is 5.56 Å². The van der Waals surface area contributed by atoms with Gasteiger partial charge in [0.25, 0.3) is 0 Å². The van der Waals surface area contributed by atoms with Crippen LogP contribution in [-0.2, 0) is 30.4 Å². The van der Waals surface area contributed by atoms with Crippen LogP contribution in [0, 0.1) is 0 Å². The normalized spacial score (nSPS) is 22.2. The zero-order valence-electron chi connectivity index (χ0n) is 17.2. The van der Waals surface area contributed by atoms with Gasteiger partial charge in [0.2, 0.25) is 6.23 Å². The molecule has 2 aromatic carbocycles. The van der Waals surface area contributed by atoms with Crippen molar-refractivity contribution >= 4 is 18.0 Å². The number of carbonyl (C=O) groups is 3. The van der Waals surface area contributed by atoms with Gasteiger partial charge in [-0.2, -0.15) is 0 Å². The first-order chi connectivity index (χ1) is 15.1. The summed E-state index contributed by atoms with van der Waals surface area (Å²) in [4.78, 5) is 40.4. The van der Waals surface area contributed by atoms with Crippen molar-refractivity contribution in [2.45, 2.75) is 38.1 Å². The van der Waals surface area contributed by atoms with E-state index in [4.69, 9.17) is 14.2 Å². The zero-order chi connectivity index (χ0) is 21.8. The summed E-state index contributed by atoms with van der Waals surface area (Å²) in [5, 5.41) is 0. The number of amides is 1. The molecule has 1 spiro atoms. The maximum Gasteiger partial charge on any atom is 0.414 e. The van der Waals surface area contributed by atoms with Crippen molar-refractivity contribution in [2.24, 2.45) is 0 Å². The molecule has 0 aromatic heterocycles. The molecule has 2 aliphatic rings. The smallest absolute Gasteiger partial charge is 0.414 e. The van der Waals surface area contributed by atoms with Crippen LogP contribution in [0.25, 0.3) is 0 Å². The number of nitrogens with zero attached hydrogens (tertiary/aromatic N) is 1. The number of allylic oxidation sites excluding steroid dienone is 1. The molecule has 1 heterocycles. The van der Waals surface area contributed by atoms with Crippen molar-refractivity contribution in [1.29, 1.82) is 0 Å². The Balaban J connectivity index is 1.71. The quantitative estimate of drug-likeness (QED) is 0.538. The molecule has 2 aromatic rings. The number of hydrogen-bond donors (Lipinski definition) is 0. The first-order valence-electron chi connectivity index (χ1n) is 10.2. The van der Waals surface area contributed by atoms with Gasteiger partial charge in [0.15, 0.2) is 5.54 Å². The van der Waals surface area contributed by atoms with E-state index in [1.807, 2.05) is 36.4 Å². The number of benzene rings is 2. The Kier molecular flexibility index (Phi) is 5.75. The lowest BCUT2D eigenvalue weighted by molar-refractivity contribution is -0.147. The van der Waals surface area contributed by atoms with Crippen LogP contribution in [0.1, 0.15) is 37.1 Å². The minimum absolute atomic E-state index is 0.0282. The molecule has 1 aliphatic heterocycles. The molecule has 0 radical (unpaired) electrons. The van der Waals surface area contributed by atoms with Crippen LogP contribution in [0.15, 0.2) is 72.3 Å². The molecule has 31 heavy (non-hydrogen) atoms. The van der Waals surface area contributed by atoms with Crippen molar-refractivity contribution in [3.63, 3.8) is 0 Å². The molecule has 2 atom stereocenters. The van der Waals surface area contributed by atoms with Crippen molar-refractivity contribution in [1.82, 2.24) is 4.90 Å². The number of rotatable bonds is 5. The summed E-state index contributed by atoms with van der Waals surface area (Å²) in [5.74, 6) is -1.29. The predicted molar refractivity (Wildman–Crippen MR) is 110 cm³/mol. The number of cyclic esters (lactones) is 1. The highest BCUT2D eigenvalue weighted by molar-refractivity contribution is 6.05. The molecule has 160 valence electrons. The Morgan fingerprint density at radius 3 is 2.42 bits per heavy atom. The van der Waals surface area contributed by atoms with Gasteiger partial charge >= 0.3 is 18.0 Å². The fourth-order valence-electron chi connectivity index (χ4n) is 4.08. The van der Waals surface area contributed by atoms with E-state index in [-0.39, 0.29) is 25.2 Å². The minimum Gasteiger partial charge on any atom is -0.463 e. The van der Waals surface area contributed by atoms with E-state index in [2.05, 4.69) is 0 Å². The molecule has 1 amide bonds. The lowest BCUT2D eigenvalue weighted by Gasteiger charge is -2.33. The van der Waals surface area contributed by atoms with Crippen LogP contribution in [0.2, 0.25) is 0 Å². The van der Waals surface area contributed by atoms with Gasteiger partial charge in [-0.25, -0.2) is 19.3 Å². The van der Waals surface area contributed by atoms with E-state index in [9.17, 15) is 14.4 Å². The maximum absolute atomic E-state index is 13.3. The number of hydrogen-bond acceptors (Lipinski definition) is 6. The lowest BCUT2D eigenvalue weighted by atomic mass is 9.89. The SMILES string of the molecule is CCOC(=O)C1=CCC[C@]12C(=O)O[C@@H](c1ccccc1)N2C(=O)OCc1ccccc1. The lowest BCUT2D eigenvalue weighted by Crippen LogP contribution is -2.53. The third-order valence-electron chi connectivity index (χ3n) is 5.48. The molecule has 0 unspecified atom stereocenters. The third-order valence-corrected chi connectivity index (χ3v) is 5.48. The maximum atomic E-state index is 13.3. The van der Waals surface area contributed by atoms with Gasteiger partial charge in [-0.1, -0.05) is 66.7 Å². The van der Waals surface area contributed by atoms with Gasteiger partial charge in [0.05, 0.1) is 12.2 Å². The highest BCUT2D eigenvalue weighted by Crippen LogP contribution is 2.48. The van der Waals surface area contributed by atoms with E-state index in [1.54, 1.807) is 37.3 Å². The van der Waals surface area contributed by atoms with E-state index in [0.717, 1.165) is 5.56 Å². The fourth-order valence-corrected chi connectivity index (χ4v) is 4.08. The molecule has 1 saturated heterocycles. The van der Waals surface area contributed by atoms with Gasteiger partial charge in [-0.3, -0.25) is 0 Å². The molecular weight excluding hydrogens is 398 g/mol. The molecule has 0 N–H and O–H groups in total. The van der Waals surface area contributed by atoms with E-state index >= 15 is 0 Å². The molecule has 4 rings (SSSR count). The van der Waals surface area contributed by atoms with Crippen LogP contribution in [-0.4, -0.2) is 35.1 Å². The van der Waals surface area contributed by atoms with Crippen LogP contribution < -0.4 is 0 Å². The second kappa shape index (κ2) is 8.63. The Bertz CT molecular complexity index is 1000. The Hall–Kier alpha value is -3.61. The monoisotopic (exact) mass is 421 g/mol. The van der Waals surface area contributed by atoms with Gasteiger partial charge in [-0.05, 0) is 25.3 Å². The Morgan fingerprint density at radius 1 is 1.06 bits per heavy atom. The third kappa shape index (κ3) is 3.67. The Labute approximate surface area is 180 Å². The number of ether oxygens (including phenoxy) is 3. The average molecular weight is 421 g/mol. The molecule has 7 nitrogen and oxygen atoms in total. The summed E-state index contributed by atoms with van der Waals surface area (Å²) in [6.07, 6.45) is 0.565. The highest BCUT2D eigenvalue weighted by atomic mass is 16.6.